The zero-order chi connectivity index (χ0) is 12.3. The molecule has 2 aliphatic rings. The van der Waals surface area contributed by atoms with Gasteiger partial charge in [0.05, 0.1) is 20.3 Å². The molecule has 0 spiro atoms. The van der Waals surface area contributed by atoms with E-state index in [0.717, 1.165) is 38.5 Å². The van der Waals surface area contributed by atoms with Gasteiger partial charge in [-0.25, -0.2) is 4.21 Å². The van der Waals surface area contributed by atoms with Gasteiger partial charge in [0.2, 0.25) is 0 Å². The Kier molecular flexibility index (Phi) is 4.91. The molecule has 17 heavy (non-hydrogen) atoms. The molecule has 0 N–H and O–H groups in total. The van der Waals surface area contributed by atoms with Crippen LogP contribution >= 0.6 is 10.8 Å². The van der Waals surface area contributed by atoms with Gasteiger partial charge in [-0.3, -0.25) is 4.79 Å². The number of rotatable bonds is 5. The minimum Gasteiger partial charge on any atom is -0.460 e. The Hall–Kier alpha value is -0.0300. The number of hydrogen-bond acceptors (Lipinski definition) is 4. The van der Waals surface area contributed by atoms with Crippen LogP contribution < -0.4 is 0 Å². The summed E-state index contributed by atoms with van der Waals surface area (Å²) in [7, 11) is 0.667. The molecule has 5 heteroatoms. The molecule has 0 aromatic rings. The molecule has 2 fully saturated rings. The molecule has 0 amide bonds. The van der Waals surface area contributed by atoms with Crippen LogP contribution in [-0.4, -0.2) is 26.8 Å². The Bertz CT molecular complexity index is 306. The first kappa shape index (κ1) is 13.4. The standard InChI is InChI=1S/C12H20O3S2/c1-2-3-4-8-11(13)15-12-9-6-5-7-10(12)17(14)16-9/h9-10,12H,2-8H2,1H3. The fourth-order valence-electron chi connectivity index (χ4n) is 2.47. The lowest BCUT2D eigenvalue weighted by atomic mass is 9.96. The predicted molar refractivity (Wildman–Crippen MR) is 71.2 cm³/mol. The monoisotopic (exact) mass is 276 g/mol. The summed E-state index contributed by atoms with van der Waals surface area (Å²) >= 11 is 0. The minimum absolute atomic E-state index is 0.0799. The van der Waals surface area contributed by atoms with Crippen molar-refractivity contribution < 1.29 is 13.7 Å². The van der Waals surface area contributed by atoms with E-state index in [-0.39, 0.29) is 22.6 Å². The molecule has 2 bridgehead atoms. The second kappa shape index (κ2) is 6.23. The lowest BCUT2D eigenvalue weighted by Gasteiger charge is -2.26. The molecule has 98 valence electrons. The van der Waals surface area contributed by atoms with Gasteiger partial charge < -0.3 is 4.74 Å². The van der Waals surface area contributed by atoms with Gasteiger partial charge in [0.1, 0.15) is 6.10 Å². The highest BCUT2D eigenvalue weighted by molar-refractivity contribution is 8.70. The van der Waals surface area contributed by atoms with Crippen molar-refractivity contribution in [3.05, 3.63) is 0 Å². The zero-order valence-electron chi connectivity index (χ0n) is 10.2. The molecule has 1 saturated carbocycles. The van der Waals surface area contributed by atoms with Gasteiger partial charge in [-0.15, -0.1) is 0 Å². The number of unbranched alkanes of at least 4 members (excludes halogenated alkanes) is 2. The minimum atomic E-state index is -0.843. The van der Waals surface area contributed by atoms with E-state index in [1.54, 1.807) is 0 Å². The first-order chi connectivity index (χ1) is 8.22. The molecule has 1 saturated heterocycles. The van der Waals surface area contributed by atoms with Crippen molar-refractivity contribution in [2.45, 2.75) is 68.5 Å². The van der Waals surface area contributed by atoms with E-state index in [2.05, 4.69) is 6.92 Å². The fraction of sp³-hybridized carbons (Fsp3) is 0.917. The lowest BCUT2D eigenvalue weighted by molar-refractivity contribution is -0.149. The summed E-state index contributed by atoms with van der Waals surface area (Å²) in [5, 5.41) is 0.374. The number of carbonyl (C=O) groups excluding carboxylic acids is 1. The number of fused-ring (bicyclic) bond motifs is 2. The molecule has 2 rings (SSSR count). The first-order valence-electron chi connectivity index (χ1n) is 6.49. The largest absolute Gasteiger partial charge is 0.460 e. The van der Waals surface area contributed by atoms with Crippen molar-refractivity contribution >= 4 is 26.6 Å². The van der Waals surface area contributed by atoms with E-state index >= 15 is 0 Å². The van der Waals surface area contributed by atoms with Crippen LogP contribution in [0, 0.1) is 0 Å². The molecule has 1 aliphatic heterocycles. The molecule has 1 heterocycles. The normalized spacial score (nSPS) is 35.8. The SMILES string of the molecule is CCCCCC(=O)OC1C2CCCC1S(=O)S2. The Morgan fingerprint density at radius 1 is 1.41 bits per heavy atom. The van der Waals surface area contributed by atoms with Crippen LogP contribution in [0.1, 0.15) is 51.9 Å². The van der Waals surface area contributed by atoms with Gasteiger partial charge in [0.15, 0.2) is 0 Å². The number of hydrogen-bond donors (Lipinski definition) is 0. The van der Waals surface area contributed by atoms with Crippen LogP contribution in [0.5, 0.6) is 0 Å². The van der Waals surface area contributed by atoms with Crippen LogP contribution in [0.4, 0.5) is 0 Å². The molecule has 0 aromatic heterocycles. The quantitative estimate of drug-likeness (QED) is 0.440. The summed E-state index contributed by atoms with van der Waals surface area (Å²) in [5.74, 6) is -0.0974. The van der Waals surface area contributed by atoms with E-state index in [1.165, 1.54) is 10.8 Å². The highest BCUT2D eigenvalue weighted by Crippen LogP contribution is 2.44. The second-order valence-corrected chi connectivity index (χ2v) is 8.26. The molecular weight excluding hydrogens is 256 g/mol. The smallest absolute Gasteiger partial charge is 0.306 e. The average Bonchev–Trinajstić information content (AvgIpc) is 2.49. The Balaban J connectivity index is 1.82. The van der Waals surface area contributed by atoms with Crippen molar-refractivity contribution in [1.29, 1.82) is 0 Å². The van der Waals surface area contributed by atoms with Crippen molar-refractivity contribution in [3.63, 3.8) is 0 Å². The fourth-order valence-corrected chi connectivity index (χ4v) is 6.79. The van der Waals surface area contributed by atoms with Crippen LogP contribution in [0.15, 0.2) is 0 Å². The van der Waals surface area contributed by atoms with Crippen molar-refractivity contribution in [1.82, 2.24) is 0 Å². The van der Waals surface area contributed by atoms with Gasteiger partial charge in [0, 0.05) is 6.42 Å². The third-order valence-corrected chi connectivity index (χ3v) is 7.42. The topological polar surface area (TPSA) is 43.4 Å². The van der Waals surface area contributed by atoms with Gasteiger partial charge in [-0.05, 0) is 19.3 Å². The molecule has 4 unspecified atom stereocenters. The van der Waals surface area contributed by atoms with Crippen molar-refractivity contribution in [3.8, 4) is 0 Å². The maximum absolute atomic E-state index is 11.8. The lowest BCUT2D eigenvalue weighted by Crippen LogP contribution is -2.38. The molecule has 3 nitrogen and oxygen atoms in total. The summed E-state index contributed by atoms with van der Waals surface area (Å²) in [6.07, 6.45) is 6.65. The van der Waals surface area contributed by atoms with E-state index < -0.39 is 9.83 Å². The van der Waals surface area contributed by atoms with Gasteiger partial charge in [0.25, 0.3) is 0 Å². The summed E-state index contributed by atoms with van der Waals surface area (Å²) in [6, 6.07) is 0. The number of carbonyl (C=O) groups is 1. The van der Waals surface area contributed by atoms with Gasteiger partial charge in [-0.2, -0.15) is 0 Å². The first-order valence-corrected chi connectivity index (χ1v) is 9.10. The van der Waals surface area contributed by atoms with E-state index in [1.807, 2.05) is 0 Å². The third-order valence-electron chi connectivity index (χ3n) is 3.43. The summed E-state index contributed by atoms with van der Waals surface area (Å²) in [5.41, 5.74) is 0. The van der Waals surface area contributed by atoms with Crippen LogP contribution in [0.25, 0.3) is 0 Å². The van der Waals surface area contributed by atoms with E-state index in [0.29, 0.717) is 6.42 Å². The summed E-state index contributed by atoms with van der Waals surface area (Å²) in [4.78, 5) is 11.7. The Labute approximate surface area is 109 Å². The maximum Gasteiger partial charge on any atom is 0.306 e. The van der Waals surface area contributed by atoms with Gasteiger partial charge >= 0.3 is 5.97 Å². The van der Waals surface area contributed by atoms with Crippen LogP contribution in [-0.2, 0) is 19.4 Å². The molecule has 1 aliphatic carbocycles. The number of esters is 1. The molecule has 4 atom stereocenters. The van der Waals surface area contributed by atoms with E-state index in [9.17, 15) is 9.00 Å². The maximum atomic E-state index is 11.8. The summed E-state index contributed by atoms with van der Waals surface area (Å²) in [6.45, 7) is 2.12. The average molecular weight is 276 g/mol. The summed E-state index contributed by atoms with van der Waals surface area (Å²) < 4.78 is 17.3. The van der Waals surface area contributed by atoms with Crippen molar-refractivity contribution in [2.24, 2.45) is 0 Å². The van der Waals surface area contributed by atoms with E-state index in [4.69, 9.17) is 4.74 Å². The van der Waals surface area contributed by atoms with Crippen molar-refractivity contribution in [2.75, 3.05) is 0 Å². The molecule has 0 radical (unpaired) electrons. The van der Waals surface area contributed by atoms with Crippen LogP contribution in [0.3, 0.4) is 0 Å². The molecule has 0 aromatic carbocycles. The third kappa shape index (κ3) is 3.25. The highest BCUT2D eigenvalue weighted by Gasteiger charge is 2.47. The highest BCUT2D eigenvalue weighted by atomic mass is 33.1. The second-order valence-electron chi connectivity index (χ2n) is 4.78. The van der Waals surface area contributed by atoms with Gasteiger partial charge in [-0.1, -0.05) is 37.0 Å². The Morgan fingerprint density at radius 2 is 2.24 bits per heavy atom. The number of ether oxygens (including phenoxy) is 1. The van der Waals surface area contributed by atoms with Crippen LogP contribution in [0.2, 0.25) is 0 Å². The zero-order valence-corrected chi connectivity index (χ0v) is 11.9. The molecular formula is C12H20O3S2. The predicted octanol–water partition coefficient (Wildman–Crippen LogP) is 2.81. The Morgan fingerprint density at radius 3 is 2.94 bits per heavy atom.